The van der Waals surface area contributed by atoms with Crippen LogP contribution in [-0.4, -0.2) is 58.4 Å². The zero-order chi connectivity index (χ0) is 21.5. The van der Waals surface area contributed by atoms with Crippen LogP contribution in [0.4, 0.5) is 11.4 Å². The number of hydrogen-bond donors (Lipinski definition) is 0. The number of nitrogens with zero attached hydrogens (tertiary/aromatic N) is 5. The summed E-state index contributed by atoms with van der Waals surface area (Å²) in [5.74, 6) is -0.194. The Hall–Kier alpha value is -2.94. The van der Waals surface area contributed by atoms with E-state index in [4.69, 9.17) is 4.74 Å². The third-order valence-corrected chi connectivity index (χ3v) is 5.63. The first-order chi connectivity index (χ1) is 14.3. The second kappa shape index (κ2) is 7.71. The standard InChI is InChI=1S/C21H27N5O4/c1-21(2,3)25-17-6-7-24(14-16(17)13-22-25)20(27)15-4-5-18(19(12-15)26(28)29)23-8-10-30-11-9-23/h4-5,12-13H,6-11,14H2,1-3H3. The van der Waals surface area contributed by atoms with Crippen molar-refractivity contribution in [3.05, 3.63) is 51.3 Å². The second-order valence-electron chi connectivity index (χ2n) is 8.74. The fourth-order valence-electron chi connectivity index (χ4n) is 4.14. The average molecular weight is 413 g/mol. The Morgan fingerprint density at radius 2 is 1.93 bits per heavy atom. The molecule has 30 heavy (non-hydrogen) atoms. The van der Waals surface area contributed by atoms with Gasteiger partial charge in [0.1, 0.15) is 5.69 Å². The summed E-state index contributed by atoms with van der Waals surface area (Å²) in [6.07, 6.45) is 2.54. The smallest absolute Gasteiger partial charge is 0.293 e. The van der Waals surface area contributed by atoms with Crippen molar-refractivity contribution in [2.75, 3.05) is 37.7 Å². The van der Waals surface area contributed by atoms with Crippen molar-refractivity contribution in [2.24, 2.45) is 0 Å². The van der Waals surface area contributed by atoms with Gasteiger partial charge in [0.05, 0.1) is 29.9 Å². The molecular formula is C21H27N5O4. The molecular weight excluding hydrogens is 386 g/mol. The summed E-state index contributed by atoms with van der Waals surface area (Å²) in [6, 6.07) is 4.78. The second-order valence-corrected chi connectivity index (χ2v) is 8.74. The molecule has 1 aromatic carbocycles. The maximum Gasteiger partial charge on any atom is 0.293 e. The summed E-state index contributed by atoms with van der Waals surface area (Å²) in [4.78, 5) is 28.1. The third kappa shape index (κ3) is 3.77. The lowest BCUT2D eigenvalue weighted by Gasteiger charge is -2.31. The van der Waals surface area contributed by atoms with E-state index in [1.807, 2.05) is 15.8 Å². The molecule has 160 valence electrons. The minimum atomic E-state index is -0.413. The summed E-state index contributed by atoms with van der Waals surface area (Å²) in [5.41, 5.74) is 2.90. The maximum atomic E-state index is 13.1. The van der Waals surface area contributed by atoms with E-state index in [1.54, 1.807) is 17.0 Å². The zero-order valence-corrected chi connectivity index (χ0v) is 17.6. The Morgan fingerprint density at radius 3 is 2.60 bits per heavy atom. The molecule has 4 rings (SSSR count). The van der Waals surface area contributed by atoms with Crippen LogP contribution in [0.25, 0.3) is 0 Å². The summed E-state index contributed by atoms with van der Waals surface area (Å²) in [5, 5.41) is 16.2. The number of carbonyl (C=O) groups excluding carboxylic acids is 1. The SMILES string of the molecule is CC(C)(C)n1ncc2c1CCN(C(=O)c1ccc(N3CCOCC3)c([N+](=O)[O-])c1)C2. The van der Waals surface area contributed by atoms with Gasteiger partial charge in [0.2, 0.25) is 0 Å². The predicted octanol–water partition coefficient (Wildman–Crippen LogP) is 2.58. The number of benzene rings is 1. The Balaban J connectivity index is 1.57. The van der Waals surface area contributed by atoms with Gasteiger partial charge in [0.15, 0.2) is 0 Å². The minimum absolute atomic E-state index is 0.0407. The van der Waals surface area contributed by atoms with Crippen molar-refractivity contribution in [2.45, 2.75) is 39.3 Å². The predicted molar refractivity (Wildman–Crippen MR) is 112 cm³/mol. The average Bonchev–Trinajstić information content (AvgIpc) is 3.17. The molecule has 1 aromatic heterocycles. The molecule has 2 aliphatic rings. The molecule has 2 aromatic rings. The van der Waals surface area contributed by atoms with E-state index in [1.165, 1.54) is 6.07 Å². The van der Waals surface area contributed by atoms with E-state index in [0.717, 1.165) is 11.3 Å². The molecule has 0 aliphatic carbocycles. The van der Waals surface area contributed by atoms with Crippen molar-refractivity contribution in [1.82, 2.24) is 14.7 Å². The Labute approximate surface area is 175 Å². The van der Waals surface area contributed by atoms with Crippen molar-refractivity contribution in [3.8, 4) is 0 Å². The fraction of sp³-hybridized carbons (Fsp3) is 0.524. The van der Waals surface area contributed by atoms with Crippen LogP contribution in [0.1, 0.15) is 42.4 Å². The van der Waals surface area contributed by atoms with E-state index in [9.17, 15) is 14.9 Å². The normalized spacial score (nSPS) is 17.0. The third-order valence-electron chi connectivity index (χ3n) is 5.63. The van der Waals surface area contributed by atoms with Crippen LogP contribution in [0.2, 0.25) is 0 Å². The van der Waals surface area contributed by atoms with E-state index < -0.39 is 4.92 Å². The number of carbonyl (C=O) groups is 1. The molecule has 9 nitrogen and oxygen atoms in total. The first-order valence-electron chi connectivity index (χ1n) is 10.2. The lowest BCUT2D eigenvalue weighted by Crippen LogP contribution is -2.38. The van der Waals surface area contributed by atoms with E-state index >= 15 is 0 Å². The number of nitro groups is 1. The van der Waals surface area contributed by atoms with Gasteiger partial charge in [-0.25, -0.2) is 0 Å². The molecule has 1 fully saturated rings. The fourth-order valence-corrected chi connectivity index (χ4v) is 4.14. The van der Waals surface area contributed by atoms with Crippen molar-refractivity contribution < 1.29 is 14.5 Å². The summed E-state index contributed by atoms with van der Waals surface area (Å²) < 4.78 is 7.36. The number of anilines is 1. The van der Waals surface area contributed by atoms with Crippen molar-refractivity contribution >= 4 is 17.3 Å². The van der Waals surface area contributed by atoms with Crippen molar-refractivity contribution in [3.63, 3.8) is 0 Å². The summed E-state index contributed by atoms with van der Waals surface area (Å²) in [6.45, 7) is 9.61. The molecule has 3 heterocycles. The van der Waals surface area contributed by atoms with Gasteiger partial charge in [-0.05, 0) is 32.9 Å². The molecule has 0 bridgehead atoms. The highest BCUT2D eigenvalue weighted by molar-refractivity contribution is 5.96. The Morgan fingerprint density at radius 1 is 1.20 bits per heavy atom. The first-order valence-corrected chi connectivity index (χ1v) is 10.2. The quantitative estimate of drug-likeness (QED) is 0.567. The monoisotopic (exact) mass is 413 g/mol. The number of rotatable bonds is 3. The zero-order valence-electron chi connectivity index (χ0n) is 17.6. The van der Waals surface area contributed by atoms with E-state index in [-0.39, 0.29) is 17.1 Å². The molecule has 1 saturated heterocycles. The van der Waals surface area contributed by atoms with Crippen LogP contribution in [0.3, 0.4) is 0 Å². The molecule has 0 unspecified atom stereocenters. The molecule has 0 saturated carbocycles. The molecule has 0 spiro atoms. The van der Waals surface area contributed by atoms with Gasteiger partial charge in [-0.3, -0.25) is 19.6 Å². The van der Waals surface area contributed by atoms with Crippen LogP contribution in [-0.2, 0) is 23.2 Å². The van der Waals surface area contributed by atoms with Gasteiger partial charge in [-0.1, -0.05) is 0 Å². The van der Waals surface area contributed by atoms with Crippen LogP contribution in [0.15, 0.2) is 24.4 Å². The highest BCUT2D eigenvalue weighted by Gasteiger charge is 2.29. The largest absolute Gasteiger partial charge is 0.378 e. The molecule has 9 heteroatoms. The Kier molecular flexibility index (Phi) is 5.23. The number of fused-ring (bicyclic) bond motifs is 1. The number of nitro benzene ring substituents is 1. The number of hydrogen-bond acceptors (Lipinski definition) is 6. The number of aromatic nitrogens is 2. The maximum absolute atomic E-state index is 13.1. The van der Waals surface area contributed by atoms with Crippen LogP contribution >= 0.6 is 0 Å². The van der Waals surface area contributed by atoms with Crippen molar-refractivity contribution in [1.29, 1.82) is 0 Å². The molecule has 0 radical (unpaired) electrons. The van der Waals surface area contributed by atoms with Gasteiger partial charge in [-0.2, -0.15) is 5.10 Å². The van der Waals surface area contributed by atoms with Gasteiger partial charge in [0.25, 0.3) is 11.6 Å². The minimum Gasteiger partial charge on any atom is -0.378 e. The van der Waals surface area contributed by atoms with Gasteiger partial charge in [-0.15, -0.1) is 0 Å². The van der Waals surface area contributed by atoms with E-state index in [0.29, 0.717) is 57.1 Å². The number of ether oxygens (including phenoxy) is 1. The van der Waals surface area contributed by atoms with Gasteiger partial charge < -0.3 is 14.5 Å². The molecule has 1 amide bonds. The molecule has 2 aliphatic heterocycles. The van der Waals surface area contributed by atoms with Crippen LogP contribution in [0.5, 0.6) is 0 Å². The number of morpholine rings is 1. The highest BCUT2D eigenvalue weighted by atomic mass is 16.6. The highest BCUT2D eigenvalue weighted by Crippen LogP contribution is 2.31. The van der Waals surface area contributed by atoms with Gasteiger partial charge in [0, 0.05) is 55.5 Å². The Bertz CT molecular complexity index is 972. The topological polar surface area (TPSA) is 93.7 Å². The first kappa shape index (κ1) is 20.3. The molecule has 0 atom stereocenters. The van der Waals surface area contributed by atoms with Crippen LogP contribution in [0, 0.1) is 10.1 Å². The van der Waals surface area contributed by atoms with Gasteiger partial charge >= 0.3 is 0 Å². The summed E-state index contributed by atoms with van der Waals surface area (Å²) in [7, 11) is 0. The lowest BCUT2D eigenvalue weighted by atomic mass is 10.0. The summed E-state index contributed by atoms with van der Waals surface area (Å²) >= 11 is 0. The lowest BCUT2D eigenvalue weighted by molar-refractivity contribution is -0.384. The van der Waals surface area contributed by atoms with E-state index in [2.05, 4.69) is 25.9 Å². The molecule has 0 N–H and O–H groups in total. The number of amides is 1. The van der Waals surface area contributed by atoms with Crippen LogP contribution < -0.4 is 4.90 Å².